The molecular weight excluding hydrogens is 216 g/mol. The van der Waals surface area contributed by atoms with E-state index in [1.807, 2.05) is 0 Å². The van der Waals surface area contributed by atoms with Crippen molar-refractivity contribution in [2.24, 2.45) is 17.8 Å². The highest BCUT2D eigenvalue weighted by Crippen LogP contribution is 2.37. The molecule has 0 bridgehead atoms. The molecule has 1 saturated carbocycles. The molecule has 16 heavy (non-hydrogen) atoms. The molecule has 0 spiro atoms. The number of aldehydes is 1. The molecule has 0 radical (unpaired) electrons. The summed E-state index contributed by atoms with van der Waals surface area (Å²) >= 11 is 0. The molecule has 6 nitrogen and oxygen atoms in total. The lowest BCUT2D eigenvalue weighted by Crippen LogP contribution is -2.32. The van der Waals surface area contributed by atoms with Gasteiger partial charge in [0.2, 0.25) is 0 Å². The van der Waals surface area contributed by atoms with Crippen molar-refractivity contribution in [3.63, 3.8) is 0 Å². The topological polar surface area (TPSA) is 89.9 Å². The second-order valence-corrected chi connectivity index (χ2v) is 3.70. The summed E-state index contributed by atoms with van der Waals surface area (Å²) in [5.74, 6) is -3.97. The van der Waals surface area contributed by atoms with Crippen molar-refractivity contribution >= 4 is 18.2 Å². The van der Waals surface area contributed by atoms with Crippen molar-refractivity contribution in [3.05, 3.63) is 0 Å². The Morgan fingerprint density at radius 1 is 1.25 bits per heavy atom. The van der Waals surface area contributed by atoms with Gasteiger partial charge in [-0.3, -0.25) is 9.59 Å². The number of carbonyl (C=O) groups is 3. The van der Waals surface area contributed by atoms with Crippen LogP contribution in [0, 0.1) is 17.8 Å². The Morgan fingerprint density at radius 2 is 1.81 bits per heavy atom. The second kappa shape index (κ2) is 5.07. The van der Waals surface area contributed by atoms with Gasteiger partial charge in [-0.2, -0.15) is 0 Å². The standard InChI is InChI=1S/C10H14O6/c1-15-9(13)5-3-7(12)6(4-11)8(5)10(14)16-2/h4-8,12H,3H2,1-2H3/t5-,6?,7?,8?/m1/s1. The molecule has 4 atom stereocenters. The molecule has 1 rings (SSSR count). The van der Waals surface area contributed by atoms with E-state index in [2.05, 4.69) is 9.47 Å². The van der Waals surface area contributed by atoms with Crippen molar-refractivity contribution in [2.45, 2.75) is 12.5 Å². The minimum atomic E-state index is -1.01. The molecule has 0 aromatic carbocycles. The molecule has 1 aliphatic rings. The fraction of sp³-hybridized carbons (Fsp3) is 0.700. The maximum atomic E-state index is 11.5. The van der Waals surface area contributed by atoms with Crippen molar-refractivity contribution in [3.8, 4) is 0 Å². The number of ether oxygens (including phenoxy) is 2. The Hall–Kier alpha value is -1.43. The number of esters is 2. The van der Waals surface area contributed by atoms with E-state index in [0.717, 1.165) is 0 Å². The molecule has 6 heteroatoms. The number of hydrogen-bond donors (Lipinski definition) is 1. The predicted molar refractivity (Wildman–Crippen MR) is 51.2 cm³/mol. The van der Waals surface area contributed by atoms with Gasteiger partial charge in [0.1, 0.15) is 6.29 Å². The quantitative estimate of drug-likeness (QED) is 0.501. The van der Waals surface area contributed by atoms with Crippen LogP contribution in [0.2, 0.25) is 0 Å². The van der Waals surface area contributed by atoms with E-state index in [1.165, 1.54) is 14.2 Å². The second-order valence-electron chi connectivity index (χ2n) is 3.70. The van der Waals surface area contributed by atoms with Crippen LogP contribution in [0.25, 0.3) is 0 Å². The van der Waals surface area contributed by atoms with Crippen LogP contribution in [-0.2, 0) is 23.9 Å². The number of hydrogen-bond acceptors (Lipinski definition) is 6. The van der Waals surface area contributed by atoms with Gasteiger partial charge in [0.25, 0.3) is 0 Å². The van der Waals surface area contributed by atoms with E-state index in [1.54, 1.807) is 0 Å². The molecule has 0 aromatic rings. The molecule has 0 saturated heterocycles. The van der Waals surface area contributed by atoms with Crippen LogP contribution in [-0.4, -0.2) is 43.7 Å². The monoisotopic (exact) mass is 230 g/mol. The van der Waals surface area contributed by atoms with Gasteiger partial charge in [0, 0.05) is 0 Å². The van der Waals surface area contributed by atoms with Gasteiger partial charge in [-0.25, -0.2) is 0 Å². The molecule has 90 valence electrons. The van der Waals surface area contributed by atoms with Gasteiger partial charge in [-0.15, -0.1) is 0 Å². The van der Waals surface area contributed by atoms with E-state index in [9.17, 15) is 19.5 Å². The van der Waals surface area contributed by atoms with Crippen LogP contribution in [0.3, 0.4) is 0 Å². The number of aliphatic hydroxyl groups is 1. The number of aliphatic hydroxyl groups excluding tert-OH is 1. The minimum absolute atomic E-state index is 0.0375. The first-order valence-corrected chi connectivity index (χ1v) is 4.85. The summed E-state index contributed by atoms with van der Waals surface area (Å²) in [7, 11) is 2.36. The Morgan fingerprint density at radius 3 is 2.25 bits per heavy atom. The lowest BCUT2D eigenvalue weighted by atomic mass is 9.90. The maximum Gasteiger partial charge on any atom is 0.310 e. The zero-order valence-corrected chi connectivity index (χ0v) is 9.08. The van der Waals surface area contributed by atoms with Crippen LogP contribution >= 0.6 is 0 Å². The minimum Gasteiger partial charge on any atom is -0.469 e. The summed E-state index contributed by atoms with van der Waals surface area (Å²) in [5, 5.41) is 9.57. The normalized spacial score (nSPS) is 33.2. The van der Waals surface area contributed by atoms with Crippen LogP contribution in [0.5, 0.6) is 0 Å². The van der Waals surface area contributed by atoms with E-state index >= 15 is 0 Å². The fourth-order valence-corrected chi connectivity index (χ4v) is 2.10. The number of methoxy groups -OCH3 is 2. The van der Waals surface area contributed by atoms with Gasteiger partial charge in [-0.05, 0) is 6.42 Å². The summed E-state index contributed by atoms with van der Waals surface area (Å²) in [5.41, 5.74) is 0. The summed E-state index contributed by atoms with van der Waals surface area (Å²) in [6, 6.07) is 0. The summed E-state index contributed by atoms with van der Waals surface area (Å²) in [4.78, 5) is 33.6. The fourth-order valence-electron chi connectivity index (χ4n) is 2.10. The third-order valence-electron chi connectivity index (χ3n) is 2.92. The first-order chi connectivity index (χ1) is 7.56. The lowest BCUT2D eigenvalue weighted by Gasteiger charge is -2.17. The maximum absolute atomic E-state index is 11.5. The Balaban J connectivity index is 2.96. The summed E-state index contributed by atoms with van der Waals surface area (Å²) < 4.78 is 9.05. The zero-order chi connectivity index (χ0) is 12.3. The Kier molecular flexibility index (Phi) is 4.00. The molecule has 3 unspecified atom stereocenters. The van der Waals surface area contributed by atoms with Gasteiger partial charge >= 0.3 is 11.9 Å². The average Bonchev–Trinajstić information content (AvgIpc) is 2.63. The van der Waals surface area contributed by atoms with Crippen LogP contribution in [0.1, 0.15) is 6.42 Å². The summed E-state index contributed by atoms with van der Waals surface area (Å²) in [6.45, 7) is 0. The highest BCUT2D eigenvalue weighted by Gasteiger charge is 2.50. The van der Waals surface area contributed by atoms with Crippen LogP contribution in [0.4, 0.5) is 0 Å². The first-order valence-electron chi connectivity index (χ1n) is 4.85. The Labute approximate surface area is 92.5 Å². The van der Waals surface area contributed by atoms with Crippen molar-refractivity contribution < 1.29 is 29.0 Å². The molecule has 0 aromatic heterocycles. The highest BCUT2D eigenvalue weighted by molar-refractivity contribution is 5.86. The predicted octanol–water partition coefficient (Wildman–Crippen LogP) is -0.856. The molecule has 1 N–H and O–H groups in total. The van der Waals surface area contributed by atoms with E-state index < -0.39 is 35.8 Å². The molecule has 0 amide bonds. The summed E-state index contributed by atoms with van der Waals surface area (Å²) in [6.07, 6.45) is -0.490. The third-order valence-corrected chi connectivity index (χ3v) is 2.92. The third kappa shape index (κ3) is 2.06. The van der Waals surface area contributed by atoms with E-state index in [-0.39, 0.29) is 6.42 Å². The van der Waals surface area contributed by atoms with E-state index in [4.69, 9.17) is 0 Å². The first kappa shape index (κ1) is 12.6. The van der Waals surface area contributed by atoms with Crippen LogP contribution in [0.15, 0.2) is 0 Å². The van der Waals surface area contributed by atoms with Gasteiger partial charge in [-0.1, -0.05) is 0 Å². The average molecular weight is 230 g/mol. The molecule has 0 aliphatic heterocycles. The van der Waals surface area contributed by atoms with Gasteiger partial charge < -0.3 is 19.4 Å². The smallest absolute Gasteiger partial charge is 0.310 e. The number of rotatable bonds is 3. The zero-order valence-electron chi connectivity index (χ0n) is 9.08. The van der Waals surface area contributed by atoms with Crippen LogP contribution < -0.4 is 0 Å². The SMILES string of the molecule is COC(=O)C1C(C=O)C(O)C[C@H]1C(=O)OC. The van der Waals surface area contributed by atoms with Gasteiger partial charge in [0.05, 0.1) is 38.1 Å². The highest BCUT2D eigenvalue weighted by atomic mass is 16.5. The van der Waals surface area contributed by atoms with E-state index in [0.29, 0.717) is 6.29 Å². The Bertz CT molecular complexity index is 300. The molecular formula is C10H14O6. The lowest BCUT2D eigenvalue weighted by molar-refractivity contribution is -0.157. The largest absolute Gasteiger partial charge is 0.469 e. The molecule has 1 aliphatic carbocycles. The van der Waals surface area contributed by atoms with Crippen molar-refractivity contribution in [1.29, 1.82) is 0 Å². The van der Waals surface area contributed by atoms with Crippen molar-refractivity contribution in [2.75, 3.05) is 14.2 Å². The molecule has 1 fully saturated rings. The van der Waals surface area contributed by atoms with Gasteiger partial charge in [0.15, 0.2) is 0 Å². The number of carbonyl (C=O) groups excluding carboxylic acids is 3. The van der Waals surface area contributed by atoms with Crippen molar-refractivity contribution in [1.82, 2.24) is 0 Å². The molecule has 0 heterocycles.